The number of aromatic nitrogens is 2. The molecule has 0 amide bonds. The Hall–Kier alpha value is -3.30. The van der Waals surface area contributed by atoms with Crippen LogP contribution in [0.5, 0.6) is 0 Å². The molecule has 0 N–H and O–H groups in total. The number of nitro groups is 1. The van der Waals surface area contributed by atoms with Gasteiger partial charge in [0, 0.05) is 18.3 Å². The number of azo groups is 1. The molecule has 25 heavy (non-hydrogen) atoms. The topological polar surface area (TPSA) is 85.2 Å². The molecule has 0 aliphatic carbocycles. The number of aryl methyl sites for hydroxylation is 1. The maximum Gasteiger partial charge on any atom is 0.417 e. The number of non-ortho nitro benzene ring substituents is 1. The summed E-state index contributed by atoms with van der Waals surface area (Å²) in [6, 6.07) is 7.62. The molecule has 0 unspecified atom stereocenters. The van der Waals surface area contributed by atoms with E-state index in [1.54, 1.807) is 6.92 Å². The number of halogens is 3. The van der Waals surface area contributed by atoms with Gasteiger partial charge in [0.1, 0.15) is 5.65 Å². The fourth-order valence-electron chi connectivity index (χ4n) is 2.21. The van der Waals surface area contributed by atoms with Crippen LogP contribution >= 0.6 is 0 Å². The van der Waals surface area contributed by atoms with Gasteiger partial charge >= 0.3 is 6.18 Å². The molecule has 0 aliphatic rings. The fraction of sp³-hybridized carbons (Fsp3) is 0.133. The van der Waals surface area contributed by atoms with E-state index in [-0.39, 0.29) is 17.2 Å². The number of pyridine rings is 1. The summed E-state index contributed by atoms with van der Waals surface area (Å²) in [4.78, 5) is 14.3. The highest BCUT2D eigenvalue weighted by Crippen LogP contribution is 2.31. The molecule has 0 saturated heterocycles. The van der Waals surface area contributed by atoms with Gasteiger partial charge in [0.25, 0.3) is 5.69 Å². The SMILES string of the molecule is Cc1nc2ccc(C(F)(F)F)cn2c1N=Nc1cccc([N+](=O)[O-])c1. The molecule has 10 heteroatoms. The quantitative estimate of drug-likeness (QED) is 0.379. The number of benzene rings is 1. The summed E-state index contributed by atoms with van der Waals surface area (Å²) in [7, 11) is 0. The van der Waals surface area contributed by atoms with Crippen LogP contribution in [0.4, 0.5) is 30.4 Å². The minimum Gasteiger partial charge on any atom is -0.282 e. The molecule has 7 nitrogen and oxygen atoms in total. The summed E-state index contributed by atoms with van der Waals surface area (Å²) in [6.07, 6.45) is -3.61. The molecule has 0 radical (unpaired) electrons. The highest BCUT2D eigenvalue weighted by atomic mass is 19.4. The second-order valence-corrected chi connectivity index (χ2v) is 5.14. The zero-order valence-corrected chi connectivity index (χ0v) is 12.7. The van der Waals surface area contributed by atoms with Gasteiger partial charge in [0.05, 0.1) is 21.9 Å². The Bertz CT molecular complexity index is 994. The number of nitro benzene ring substituents is 1. The average Bonchev–Trinajstić information content (AvgIpc) is 2.86. The lowest BCUT2D eigenvalue weighted by Gasteiger charge is -2.06. The van der Waals surface area contributed by atoms with Crippen molar-refractivity contribution in [2.45, 2.75) is 13.1 Å². The first kappa shape index (κ1) is 16.6. The molecular weight excluding hydrogens is 339 g/mol. The largest absolute Gasteiger partial charge is 0.417 e. The molecule has 3 aromatic rings. The van der Waals surface area contributed by atoms with Gasteiger partial charge in [-0.05, 0) is 25.1 Å². The van der Waals surface area contributed by atoms with Crippen LogP contribution in [0.3, 0.4) is 0 Å². The first-order valence-corrected chi connectivity index (χ1v) is 6.98. The van der Waals surface area contributed by atoms with Gasteiger partial charge in [0.2, 0.25) is 0 Å². The van der Waals surface area contributed by atoms with E-state index >= 15 is 0 Å². The van der Waals surface area contributed by atoms with Gasteiger partial charge < -0.3 is 0 Å². The van der Waals surface area contributed by atoms with Crippen molar-refractivity contribution in [3.05, 3.63) is 64.0 Å². The number of hydrogen-bond donors (Lipinski definition) is 0. The zero-order chi connectivity index (χ0) is 18.2. The molecule has 0 bridgehead atoms. The average molecular weight is 349 g/mol. The van der Waals surface area contributed by atoms with Crippen LogP contribution in [0.2, 0.25) is 0 Å². The standard InChI is InChI=1S/C15H10F3N5O2/c1-9-14(21-20-11-3-2-4-12(7-11)23(24)25)22-8-10(15(16,17)18)5-6-13(22)19-9/h2-8H,1H3. The third-order valence-electron chi connectivity index (χ3n) is 3.39. The van der Waals surface area contributed by atoms with Crippen molar-refractivity contribution in [2.75, 3.05) is 0 Å². The predicted octanol–water partition coefficient (Wildman–Crippen LogP) is 4.99. The molecule has 0 spiro atoms. The number of alkyl halides is 3. The van der Waals surface area contributed by atoms with E-state index in [0.29, 0.717) is 11.3 Å². The number of nitrogens with zero attached hydrogens (tertiary/aromatic N) is 5. The van der Waals surface area contributed by atoms with Crippen LogP contribution in [0.15, 0.2) is 52.8 Å². The van der Waals surface area contributed by atoms with E-state index in [1.807, 2.05) is 0 Å². The van der Waals surface area contributed by atoms with Crippen LogP contribution in [-0.4, -0.2) is 14.3 Å². The summed E-state index contributed by atoms with van der Waals surface area (Å²) in [5.41, 5.74) is -0.127. The highest BCUT2D eigenvalue weighted by Gasteiger charge is 2.31. The summed E-state index contributed by atoms with van der Waals surface area (Å²) in [6.45, 7) is 1.59. The van der Waals surface area contributed by atoms with E-state index in [9.17, 15) is 23.3 Å². The Labute approximate surface area is 138 Å². The maximum absolute atomic E-state index is 12.9. The lowest BCUT2D eigenvalue weighted by Crippen LogP contribution is -2.06. The molecule has 0 aliphatic heterocycles. The van der Waals surface area contributed by atoms with Crippen molar-refractivity contribution < 1.29 is 18.1 Å². The second kappa shape index (κ2) is 5.96. The van der Waals surface area contributed by atoms with Crippen molar-refractivity contribution >= 4 is 22.8 Å². The predicted molar refractivity (Wildman–Crippen MR) is 82.2 cm³/mol. The third kappa shape index (κ3) is 3.32. The highest BCUT2D eigenvalue weighted by molar-refractivity contribution is 5.53. The third-order valence-corrected chi connectivity index (χ3v) is 3.39. The summed E-state index contributed by atoms with van der Waals surface area (Å²) < 4.78 is 39.8. The van der Waals surface area contributed by atoms with Crippen LogP contribution in [0.1, 0.15) is 11.3 Å². The van der Waals surface area contributed by atoms with Gasteiger partial charge in [-0.25, -0.2) is 4.98 Å². The van der Waals surface area contributed by atoms with Crippen LogP contribution < -0.4 is 0 Å². The summed E-state index contributed by atoms with van der Waals surface area (Å²) >= 11 is 0. The van der Waals surface area contributed by atoms with Crippen molar-refractivity contribution in [1.29, 1.82) is 0 Å². The molecule has 1 aromatic carbocycles. The molecular formula is C15H10F3N5O2. The van der Waals surface area contributed by atoms with Crippen molar-refractivity contribution in [1.82, 2.24) is 9.38 Å². The van der Waals surface area contributed by atoms with E-state index in [4.69, 9.17) is 0 Å². The minimum absolute atomic E-state index is 0.118. The van der Waals surface area contributed by atoms with E-state index in [1.165, 1.54) is 34.7 Å². The molecule has 3 rings (SSSR count). The normalized spacial score (nSPS) is 12.2. The number of fused-ring (bicyclic) bond motifs is 1. The van der Waals surface area contributed by atoms with Gasteiger partial charge in [-0.1, -0.05) is 6.07 Å². The Kier molecular flexibility index (Phi) is 3.95. The lowest BCUT2D eigenvalue weighted by molar-refractivity contribution is -0.384. The van der Waals surface area contributed by atoms with Gasteiger partial charge in [-0.2, -0.15) is 13.2 Å². The molecule has 0 atom stereocenters. The summed E-state index contributed by atoms with van der Waals surface area (Å²) in [5.74, 6) is 0.118. The number of hydrogen-bond acceptors (Lipinski definition) is 5. The first-order chi connectivity index (χ1) is 11.8. The maximum atomic E-state index is 12.9. The number of rotatable bonds is 3. The van der Waals surface area contributed by atoms with Crippen molar-refractivity contribution in [3.63, 3.8) is 0 Å². The van der Waals surface area contributed by atoms with Gasteiger partial charge in [-0.3, -0.25) is 14.5 Å². The van der Waals surface area contributed by atoms with Crippen molar-refractivity contribution in [3.8, 4) is 0 Å². The summed E-state index contributed by atoms with van der Waals surface area (Å²) in [5, 5.41) is 18.6. The van der Waals surface area contributed by atoms with Crippen molar-refractivity contribution in [2.24, 2.45) is 10.2 Å². The van der Waals surface area contributed by atoms with Crippen LogP contribution in [0, 0.1) is 17.0 Å². The van der Waals surface area contributed by atoms with Crippen LogP contribution in [0.25, 0.3) is 5.65 Å². The molecule has 2 aromatic heterocycles. The Morgan fingerprint density at radius 1 is 1.20 bits per heavy atom. The Morgan fingerprint density at radius 2 is 1.96 bits per heavy atom. The van der Waals surface area contributed by atoms with Crippen LogP contribution in [-0.2, 0) is 6.18 Å². The van der Waals surface area contributed by atoms with Gasteiger partial charge in [0.15, 0.2) is 5.82 Å². The second-order valence-electron chi connectivity index (χ2n) is 5.14. The Morgan fingerprint density at radius 3 is 2.64 bits per heavy atom. The fourth-order valence-corrected chi connectivity index (χ4v) is 2.21. The molecule has 0 saturated carbocycles. The Balaban J connectivity index is 2.04. The first-order valence-electron chi connectivity index (χ1n) is 6.98. The minimum atomic E-state index is -4.50. The zero-order valence-electron chi connectivity index (χ0n) is 12.7. The number of imidazole rings is 1. The molecule has 0 fully saturated rings. The van der Waals surface area contributed by atoms with E-state index in [2.05, 4.69) is 15.2 Å². The lowest BCUT2D eigenvalue weighted by atomic mass is 10.3. The molecule has 2 heterocycles. The smallest absolute Gasteiger partial charge is 0.282 e. The van der Waals surface area contributed by atoms with E-state index < -0.39 is 16.7 Å². The van der Waals surface area contributed by atoms with Gasteiger partial charge in [-0.15, -0.1) is 10.2 Å². The van der Waals surface area contributed by atoms with E-state index in [0.717, 1.165) is 12.3 Å². The molecule has 128 valence electrons. The monoisotopic (exact) mass is 349 g/mol.